The van der Waals surface area contributed by atoms with Crippen molar-refractivity contribution >= 4 is 105 Å². The first-order valence-corrected chi connectivity index (χ1v) is 34.6. The number of ether oxygens (including phenoxy) is 6. The van der Waals surface area contributed by atoms with Gasteiger partial charge < -0.3 is 69.9 Å². The minimum absolute atomic E-state index is 0.00857. The first kappa shape index (κ1) is 84.2. The number of hydrogen-bond acceptors (Lipinski definition) is 18. The van der Waals surface area contributed by atoms with Crippen molar-refractivity contribution in [1.82, 2.24) is 40.0 Å². The Bertz CT molecular complexity index is 3760. The molecule has 4 fully saturated rings. The number of amides is 5. The molecule has 10 rings (SSSR count). The molecule has 0 radical (unpaired) electrons. The largest absolute Gasteiger partial charge is 0.495 e. The minimum Gasteiger partial charge on any atom is -0.495 e. The summed E-state index contributed by atoms with van der Waals surface area (Å²) in [5.41, 5.74) is 9.65. The molecule has 102 heavy (non-hydrogen) atoms. The fraction of sp³-hybridized carbons (Fsp3) is 0.425. The van der Waals surface area contributed by atoms with E-state index >= 15 is 0 Å². The van der Waals surface area contributed by atoms with Crippen molar-refractivity contribution in [2.24, 2.45) is 23.5 Å². The second-order valence-electron chi connectivity index (χ2n) is 25.9. The van der Waals surface area contributed by atoms with E-state index in [9.17, 15) is 28.8 Å². The average Bonchev–Trinajstić information content (AvgIpc) is 1.64. The number of rotatable bonds is 16. The molecule has 4 atom stereocenters. The Morgan fingerprint density at radius 3 is 1.27 bits per heavy atom. The maximum Gasteiger partial charge on any atom is 0.410 e. The number of nitrogens with zero attached hydrogens (tertiary/aromatic N) is 7. The lowest BCUT2D eigenvalue weighted by atomic mass is 10.0. The second-order valence-corrected chi connectivity index (χ2v) is 27.9. The summed E-state index contributed by atoms with van der Waals surface area (Å²) in [5.74, 6) is 2.31. The molecule has 552 valence electrons. The second kappa shape index (κ2) is 41.6. The van der Waals surface area contributed by atoms with Gasteiger partial charge in [0.15, 0.2) is 0 Å². The Kier molecular flexibility index (Phi) is 34.3. The quantitative estimate of drug-likeness (QED) is 0.0444. The highest BCUT2D eigenvalue weighted by Crippen LogP contribution is 2.31. The maximum atomic E-state index is 12.7. The summed E-state index contributed by atoms with van der Waals surface area (Å²) in [4.78, 5) is 91.0. The number of methoxy groups -OCH3 is 4. The number of nitrogens with one attached hydrogen (secondary N) is 3. The molecular formula is C73H92Cl5N11O13. The molecule has 0 saturated carbocycles. The SMILES string of the molecule is C=CC(=O)Nc1ccc(C(=O)N2CC[C@@H](Cc3cc(OC)c(Cl)cn3)C2)cc1.C=CC(=O)Nc1ccc(C(=O)O)cc1.CC(C)(C)OC(=O)N1CC[C@@H](N)C1.COc1cc(C[C@@H]2CCN(C(=O)OC(C)(C)C)C2)ncc1Cl.COc1cc(C[C@@H]2CCNC2)ncc1Cl.COc1cc(Cl)ncc1Cl. The normalized spacial score (nSPS) is 16.5. The van der Waals surface area contributed by atoms with Crippen LogP contribution in [-0.4, -0.2) is 174 Å². The number of aromatic carboxylic acids is 1. The van der Waals surface area contributed by atoms with Crippen molar-refractivity contribution in [3.63, 3.8) is 0 Å². The number of aromatic nitrogens is 4. The van der Waals surface area contributed by atoms with Crippen LogP contribution < -0.4 is 40.6 Å². The van der Waals surface area contributed by atoms with Gasteiger partial charge in [0.05, 0.1) is 40.2 Å². The smallest absolute Gasteiger partial charge is 0.410 e. The van der Waals surface area contributed by atoms with Crippen molar-refractivity contribution in [3.05, 3.63) is 176 Å². The number of nitrogens with two attached hydrogens (primary N) is 1. The molecule has 4 aliphatic heterocycles. The molecule has 29 heteroatoms. The molecule has 0 unspecified atom stereocenters. The molecule has 0 spiro atoms. The summed E-state index contributed by atoms with van der Waals surface area (Å²) in [5, 5.41) is 19.5. The Morgan fingerprint density at radius 1 is 0.539 bits per heavy atom. The molecule has 6 aromatic rings. The monoisotopic (exact) mass is 1510 g/mol. The molecule has 4 saturated heterocycles. The van der Waals surface area contributed by atoms with Gasteiger partial charge in [-0.25, -0.2) is 19.4 Å². The van der Waals surface area contributed by atoms with E-state index in [4.69, 9.17) is 97.3 Å². The van der Waals surface area contributed by atoms with Gasteiger partial charge in [-0.3, -0.25) is 29.3 Å². The van der Waals surface area contributed by atoms with Gasteiger partial charge in [-0.05, 0) is 178 Å². The molecule has 6 N–H and O–H groups in total. The van der Waals surface area contributed by atoms with Crippen molar-refractivity contribution in [3.8, 4) is 23.0 Å². The molecule has 4 aromatic heterocycles. The number of anilines is 2. The Labute approximate surface area is 621 Å². The summed E-state index contributed by atoms with van der Waals surface area (Å²) in [6, 6.07) is 20.1. The van der Waals surface area contributed by atoms with Crippen LogP contribution >= 0.6 is 58.0 Å². The van der Waals surface area contributed by atoms with Crippen molar-refractivity contribution < 1.29 is 62.3 Å². The van der Waals surface area contributed by atoms with E-state index in [1.807, 2.05) is 64.6 Å². The van der Waals surface area contributed by atoms with Crippen molar-refractivity contribution in [1.29, 1.82) is 0 Å². The van der Waals surface area contributed by atoms with Crippen LogP contribution in [0.1, 0.15) is 105 Å². The van der Waals surface area contributed by atoms with Crippen LogP contribution in [0.25, 0.3) is 0 Å². The van der Waals surface area contributed by atoms with Gasteiger partial charge in [-0.2, -0.15) is 0 Å². The number of carboxylic acid groups (broad SMARTS) is 1. The molecular weight excluding hydrogens is 1420 g/mol. The van der Waals surface area contributed by atoms with E-state index in [0.29, 0.717) is 109 Å². The van der Waals surface area contributed by atoms with Gasteiger partial charge in [0.1, 0.15) is 59.4 Å². The third-order valence-corrected chi connectivity index (χ3v) is 16.9. The summed E-state index contributed by atoms with van der Waals surface area (Å²) in [6.07, 6.45) is 14.7. The molecule has 2 aromatic carbocycles. The molecule has 24 nitrogen and oxygen atoms in total. The van der Waals surface area contributed by atoms with Gasteiger partial charge in [0.2, 0.25) is 11.8 Å². The number of hydrogen-bond donors (Lipinski definition) is 5. The van der Waals surface area contributed by atoms with E-state index in [1.54, 1.807) is 80.1 Å². The van der Waals surface area contributed by atoms with Gasteiger partial charge >= 0.3 is 18.2 Å². The predicted molar refractivity (Wildman–Crippen MR) is 398 cm³/mol. The van der Waals surface area contributed by atoms with E-state index < -0.39 is 17.2 Å². The standard InChI is InChI=1S/C21H22ClN3O3.C16H23ClN2O3.C11H15ClN2O.C10H9NO3.C9H18N2O2.C6H5Cl2NO/c1-3-20(26)24-16-6-4-15(5-7-16)21(27)25-9-8-14(13-25)10-17-11-19(28-2)18(22)12-23-17;1-16(2,3)22-15(20)19-6-5-11(10-19)7-12-8-14(21-4)13(17)9-18-12;1-15-11-5-9(14-7-10(11)12)4-8-2-3-13-6-8;1-2-9(12)11-8-5-3-7(4-6-8)10(13)14;1-9(2,3)13-8(12)11-5-4-7(10)6-11;1-10-5-2-6(8)9-3-4(5)7/h3-7,11-12,14H,1,8-10,13H2,2H3,(H,24,26);8-9,11H,5-7,10H2,1-4H3;5,7-8,13H,2-4,6H2,1H3;2-6H,1H2,(H,11,12)(H,13,14);7H,4-6,10H2,1-3H3;2-3H,1H3/t14-;11-;8-;;7-;/m000.1./s1. The molecule has 0 bridgehead atoms. The van der Waals surface area contributed by atoms with E-state index in [-0.39, 0.29) is 41.5 Å². The number of pyridine rings is 4. The lowest BCUT2D eigenvalue weighted by Crippen LogP contribution is -2.36. The minimum atomic E-state index is -0.994. The Balaban J connectivity index is 0.000000228. The van der Waals surface area contributed by atoms with Crippen molar-refractivity contribution in [2.45, 2.75) is 104 Å². The zero-order chi connectivity index (χ0) is 75.3. The van der Waals surface area contributed by atoms with Crippen LogP contribution in [0.5, 0.6) is 23.0 Å². The number of carbonyl (C=O) groups excluding carboxylic acids is 5. The number of likely N-dealkylation sites (tertiary alicyclic amines) is 3. The number of carbonyl (C=O) groups is 6. The molecule has 8 heterocycles. The van der Waals surface area contributed by atoms with Crippen LogP contribution in [-0.2, 0) is 38.3 Å². The van der Waals surface area contributed by atoms with E-state index in [0.717, 1.165) is 87.9 Å². The predicted octanol–water partition coefficient (Wildman–Crippen LogP) is 13.9. The molecule has 4 aliphatic rings. The van der Waals surface area contributed by atoms with Gasteiger partial charge in [-0.15, -0.1) is 0 Å². The fourth-order valence-electron chi connectivity index (χ4n) is 10.4. The highest BCUT2D eigenvalue weighted by molar-refractivity contribution is 6.33. The van der Waals surface area contributed by atoms with Gasteiger partial charge in [-0.1, -0.05) is 71.2 Å². The van der Waals surface area contributed by atoms with Crippen LogP contribution in [0.4, 0.5) is 21.0 Å². The first-order valence-electron chi connectivity index (χ1n) is 32.7. The van der Waals surface area contributed by atoms with E-state index in [2.05, 4.69) is 49.0 Å². The van der Waals surface area contributed by atoms with Crippen LogP contribution in [0.2, 0.25) is 25.2 Å². The van der Waals surface area contributed by atoms with Crippen molar-refractivity contribution in [2.75, 3.05) is 91.4 Å². The fourth-order valence-corrected chi connectivity index (χ4v) is 11.3. The van der Waals surface area contributed by atoms with Crippen LogP contribution in [0.3, 0.4) is 0 Å². The zero-order valence-corrected chi connectivity index (χ0v) is 62.9. The Hall–Kier alpha value is -8.49. The van der Waals surface area contributed by atoms with Crippen LogP contribution in [0.15, 0.2) is 123 Å². The topological polar surface area (TPSA) is 301 Å². The molecule has 5 amide bonds. The van der Waals surface area contributed by atoms with Gasteiger partial charge in [0, 0.05) is 122 Å². The lowest BCUT2D eigenvalue weighted by molar-refractivity contribution is -0.112. The number of halogens is 5. The summed E-state index contributed by atoms with van der Waals surface area (Å²) in [7, 11) is 6.32. The third kappa shape index (κ3) is 29.5. The lowest BCUT2D eigenvalue weighted by Gasteiger charge is -2.24. The highest BCUT2D eigenvalue weighted by Gasteiger charge is 2.32. The van der Waals surface area contributed by atoms with Gasteiger partial charge in [0.25, 0.3) is 5.91 Å². The summed E-state index contributed by atoms with van der Waals surface area (Å²) >= 11 is 29.1. The van der Waals surface area contributed by atoms with Crippen LogP contribution in [0, 0.1) is 17.8 Å². The molecule has 0 aliphatic carbocycles. The third-order valence-electron chi connectivity index (χ3n) is 15.5. The van der Waals surface area contributed by atoms with E-state index in [1.165, 1.54) is 50.1 Å². The summed E-state index contributed by atoms with van der Waals surface area (Å²) in [6.45, 7) is 24.3. The Morgan fingerprint density at radius 2 is 0.912 bits per heavy atom. The number of benzene rings is 2. The highest BCUT2D eigenvalue weighted by atomic mass is 35.5. The zero-order valence-electron chi connectivity index (χ0n) is 59.2. The summed E-state index contributed by atoms with van der Waals surface area (Å²) < 4.78 is 31.1. The number of carboxylic acids is 1. The maximum absolute atomic E-state index is 12.7. The first-order chi connectivity index (χ1) is 48.3. The average molecular weight is 1510 g/mol.